The van der Waals surface area contributed by atoms with Gasteiger partial charge >= 0.3 is 24.3 Å². The number of alkyl halides is 6. The molecule has 39 heavy (non-hydrogen) atoms. The minimum absolute atomic E-state index is 0.205. The van der Waals surface area contributed by atoms with Gasteiger partial charge in [0.1, 0.15) is 6.33 Å². The molecule has 2 saturated heterocycles. The molecule has 2 aliphatic rings. The molecule has 0 bridgehead atoms. The van der Waals surface area contributed by atoms with Crippen molar-refractivity contribution in [2.24, 2.45) is 5.41 Å². The number of hydrogen-bond donors (Lipinski definition) is 2. The molecule has 0 aliphatic carbocycles. The molecule has 218 valence electrons. The van der Waals surface area contributed by atoms with E-state index in [0.717, 1.165) is 45.1 Å². The lowest BCUT2D eigenvalue weighted by Crippen LogP contribution is -2.50. The molecule has 0 radical (unpaired) electrons. The predicted octanol–water partition coefficient (Wildman–Crippen LogP) is 4.23. The fraction of sp³-hybridized carbons (Fsp3) is 0.565. The number of halogens is 6. The molecule has 1 spiro atoms. The zero-order chi connectivity index (χ0) is 29.3. The SMILES string of the molecule is Cc1ccc(CN2CCCC3(COCCN(c4cncnc4)C3)C2)s1.O=C(O)C(F)(F)F.O=C(O)C(F)(F)F. The molecule has 1 atom stereocenters. The maximum absolute atomic E-state index is 10.6. The normalized spacial score (nSPS) is 20.2. The first-order chi connectivity index (χ1) is 18.1. The third-order valence-corrected chi connectivity index (χ3v) is 6.74. The van der Waals surface area contributed by atoms with Crippen LogP contribution in [0, 0.1) is 12.3 Å². The molecule has 2 aromatic heterocycles. The number of anilines is 1. The highest BCUT2D eigenvalue weighted by Gasteiger charge is 2.40. The smallest absolute Gasteiger partial charge is 0.475 e. The van der Waals surface area contributed by atoms with Gasteiger partial charge in [-0.3, -0.25) is 4.90 Å². The highest BCUT2D eigenvalue weighted by molar-refractivity contribution is 7.11. The first-order valence-electron chi connectivity index (χ1n) is 11.6. The molecule has 0 amide bonds. The Hall–Kier alpha value is -2.98. The summed E-state index contributed by atoms with van der Waals surface area (Å²) in [6.07, 6.45) is -2.26. The molecule has 1 unspecified atom stereocenters. The van der Waals surface area contributed by atoms with Gasteiger partial charge in [-0.25, -0.2) is 19.6 Å². The number of hydrogen-bond acceptors (Lipinski definition) is 8. The zero-order valence-electron chi connectivity index (χ0n) is 20.8. The number of rotatable bonds is 3. The average Bonchev–Trinajstić information content (AvgIpc) is 3.14. The van der Waals surface area contributed by atoms with E-state index >= 15 is 0 Å². The number of ether oxygens (including phenoxy) is 1. The van der Waals surface area contributed by atoms with Gasteiger partial charge in [-0.2, -0.15) is 26.3 Å². The number of likely N-dealkylation sites (tertiary alicyclic amines) is 1. The van der Waals surface area contributed by atoms with Gasteiger partial charge in [-0.05, 0) is 38.4 Å². The number of carboxylic acid groups (broad SMARTS) is 2. The standard InChI is InChI=1S/C19H26N4OS.2C2HF3O2/c1-16-3-4-18(25-16)11-22-6-2-5-19(12-22)13-23(7-8-24-14-19)17-9-20-15-21-10-17;2*3-2(4,5)1(6)7/h3-4,9-10,15H,2,5-8,11-14H2,1H3;2*(H,6,7). The number of aryl methyl sites for hydroxylation is 1. The summed E-state index contributed by atoms with van der Waals surface area (Å²) in [5, 5.41) is 14.2. The molecular weight excluding hydrogens is 558 g/mol. The van der Waals surface area contributed by atoms with Crippen LogP contribution in [-0.4, -0.2) is 88.8 Å². The van der Waals surface area contributed by atoms with Crippen molar-refractivity contribution in [1.29, 1.82) is 0 Å². The van der Waals surface area contributed by atoms with E-state index in [4.69, 9.17) is 24.5 Å². The molecule has 2 N–H and O–H groups in total. The van der Waals surface area contributed by atoms with E-state index in [0.29, 0.717) is 0 Å². The molecule has 0 saturated carbocycles. The molecule has 9 nitrogen and oxygen atoms in total. The number of carbonyl (C=O) groups is 2. The third kappa shape index (κ3) is 11.0. The lowest BCUT2D eigenvalue weighted by atomic mass is 9.80. The van der Waals surface area contributed by atoms with Crippen LogP contribution in [0.15, 0.2) is 30.9 Å². The van der Waals surface area contributed by atoms with Gasteiger partial charge in [0, 0.05) is 41.3 Å². The Kier molecular flexibility index (Phi) is 11.5. The van der Waals surface area contributed by atoms with Crippen molar-refractivity contribution >= 4 is 29.0 Å². The zero-order valence-corrected chi connectivity index (χ0v) is 21.7. The third-order valence-electron chi connectivity index (χ3n) is 5.75. The van der Waals surface area contributed by atoms with Crippen molar-refractivity contribution in [2.75, 3.05) is 44.3 Å². The Balaban J connectivity index is 0.000000317. The predicted molar refractivity (Wildman–Crippen MR) is 128 cm³/mol. The topological polar surface area (TPSA) is 116 Å². The van der Waals surface area contributed by atoms with Gasteiger partial charge in [0.25, 0.3) is 0 Å². The Morgan fingerprint density at radius 1 is 1.03 bits per heavy atom. The van der Waals surface area contributed by atoms with E-state index in [9.17, 15) is 26.3 Å². The maximum atomic E-state index is 10.6. The summed E-state index contributed by atoms with van der Waals surface area (Å²) in [6, 6.07) is 4.50. The van der Waals surface area contributed by atoms with Crippen molar-refractivity contribution in [3.63, 3.8) is 0 Å². The van der Waals surface area contributed by atoms with Crippen molar-refractivity contribution in [1.82, 2.24) is 14.9 Å². The summed E-state index contributed by atoms with van der Waals surface area (Å²) in [4.78, 5) is 34.1. The summed E-state index contributed by atoms with van der Waals surface area (Å²) in [5.74, 6) is -5.51. The van der Waals surface area contributed by atoms with Gasteiger partial charge in [-0.15, -0.1) is 11.3 Å². The molecule has 0 aromatic carbocycles. The van der Waals surface area contributed by atoms with Crippen LogP contribution in [0.3, 0.4) is 0 Å². The minimum Gasteiger partial charge on any atom is -0.475 e. The van der Waals surface area contributed by atoms with Crippen molar-refractivity contribution in [2.45, 2.75) is 38.7 Å². The van der Waals surface area contributed by atoms with Crippen LogP contribution in [0.1, 0.15) is 22.6 Å². The largest absolute Gasteiger partial charge is 0.490 e. The van der Waals surface area contributed by atoms with E-state index in [2.05, 4.69) is 38.8 Å². The number of nitrogens with zero attached hydrogens (tertiary/aromatic N) is 4. The van der Waals surface area contributed by atoms with Crippen LogP contribution in [0.2, 0.25) is 0 Å². The van der Waals surface area contributed by atoms with Crippen molar-refractivity contribution < 1.29 is 50.9 Å². The monoisotopic (exact) mass is 586 g/mol. The molecule has 2 aliphatic heterocycles. The number of carboxylic acids is 2. The maximum Gasteiger partial charge on any atom is 0.490 e. The summed E-state index contributed by atoms with van der Waals surface area (Å²) >= 11 is 1.92. The average molecular weight is 587 g/mol. The second-order valence-corrected chi connectivity index (χ2v) is 10.4. The Morgan fingerprint density at radius 3 is 2.13 bits per heavy atom. The van der Waals surface area contributed by atoms with E-state index in [1.807, 2.05) is 23.7 Å². The summed E-state index contributed by atoms with van der Waals surface area (Å²) < 4.78 is 69.5. The molecule has 2 fully saturated rings. The fourth-order valence-corrected chi connectivity index (χ4v) is 5.08. The number of aromatic nitrogens is 2. The summed E-state index contributed by atoms with van der Waals surface area (Å²) in [7, 11) is 0. The molecule has 4 rings (SSSR count). The Bertz CT molecular complexity index is 1050. The van der Waals surface area contributed by atoms with E-state index in [-0.39, 0.29) is 5.41 Å². The second-order valence-electron chi connectivity index (χ2n) is 9.00. The Labute approximate surface area is 224 Å². The van der Waals surface area contributed by atoms with Gasteiger partial charge in [0.05, 0.1) is 31.3 Å². The summed E-state index contributed by atoms with van der Waals surface area (Å²) in [6.45, 7) is 9.12. The van der Waals surface area contributed by atoms with E-state index in [1.54, 1.807) is 6.33 Å². The van der Waals surface area contributed by atoms with Crippen molar-refractivity contribution in [3.05, 3.63) is 40.6 Å². The van der Waals surface area contributed by atoms with Gasteiger partial charge in [-0.1, -0.05) is 0 Å². The van der Waals surface area contributed by atoms with Crippen LogP contribution >= 0.6 is 11.3 Å². The van der Waals surface area contributed by atoms with E-state index < -0.39 is 24.3 Å². The van der Waals surface area contributed by atoms with Crippen LogP contribution in [-0.2, 0) is 20.9 Å². The highest BCUT2D eigenvalue weighted by atomic mass is 32.1. The van der Waals surface area contributed by atoms with Gasteiger partial charge in [0.15, 0.2) is 0 Å². The Morgan fingerprint density at radius 2 is 1.62 bits per heavy atom. The van der Waals surface area contributed by atoms with Crippen molar-refractivity contribution in [3.8, 4) is 0 Å². The molecular formula is C23H28F6N4O5S. The summed E-state index contributed by atoms with van der Waals surface area (Å²) in [5.41, 5.74) is 1.31. The fourth-order valence-electron chi connectivity index (χ4n) is 4.15. The van der Waals surface area contributed by atoms with Gasteiger partial charge < -0.3 is 19.8 Å². The number of thiophene rings is 1. The quantitative estimate of drug-likeness (QED) is 0.510. The van der Waals surface area contributed by atoms with Crippen LogP contribution in [0.25, 0.3) is 0 Å². The van der Waals surface area contributed by atoms with Crippen LogP contribution in [0.4, 0.5) is 32.0 Å². The lowest BCUT2D eigenvalue weighted by molar-refractivity contribution is -0.193. The highest BCUT2D eigenvalue weighted by Crippen LogP contribution is 2.35. The van der Waals surface area contributed by atoms with Gasteiger partial charge in [0.2, 0.25) is 0 Å². The molecule has 2 aromatic rings. The van der Waals surface area contributed by atoms with Crippen LogP contribution in [0.5, 0.6) is 0 Å². The molecule has 4 heterocycles. The van der Waals surface area contributed by atoms with E-state index in [1.165, 1.54) is 29.1 Å². The molecule has 16 heteroatoms. The number of piperidine rings is 1. The minimum atomic E-state index is -5.08. The number of aliphatic carboxylic acids is 2. The first-order valence-corrected chi connectivity index (χ1v) is 12.4. The first kappa shape index (κ1) is 32.2. The lowest BCUT2D eigenvalue weighted by Gasteiger charge is -2.43. The second kappa shape index (κ2) is 13.9. The van der Waals surface area contributed by atoms with Crippen LogP contribution < -0.4 is 4.90 Å².